The SMILES string of the molecule is CO[C@@H](C)c1ncc(C2CN(C3CC3)C2)cc1-c1c2c3cc(ccc3n1CCOC1CCOCC1)-c1csc(n1)[C@@H](N1CC(C)(C)C1)[C@H](NC(=O)C1[C@@H](C)[C@H]1C)C(=O)N1CCC[C@H](N1)C(=O)OCC(C)(C)C2. The van der Waals surface area contributed by atoms with Crippen molar-refractivity contribution in [3.63, 3.8) is 0 Å². The molecule has 11 rings (SSSR count). The number of fused-ring (bicyclic) bond motifs is 6. The molecule has 16 heteroatoms. The third-order valence-electron chi connectivity index (χ3n) is 17.1. The van der Waals surface area contributed by atoms with Crippen molar-refractivity contribution in [2.45, 2.75) is 142 Å². The number of hydrogen-bond acceptors (Lipinski definition) is 13. The largest absolute Gasteiger partial charge is 0.464 e. The number of esters is 1. The Labute approximate surface area is 429 Å². The number of methoxy groups -OCH3 is 1. The molecule has 1 unspecified atom stereocenters. The van der Waals surface area contributed by atoms with Crippen molar-refractivity contribution >= 4 is 40.0 Å². The number of aromatic nitrogens is 3. The van der Waals surface area contributed by atoms with Crippen LogP contribution in [0.15, 0.2) is 35.8 Å². The van der Waals surface area contributed by atoms with Gasteiger partial charge in [-0.2, -0.15) is 0 Å². The molecule has 0 spiro atoms. The van der Waals surface area contributed by atoms with E-state index < -0.39 is 29.5 Å². The van der Waals surface area contributed by atoms with Crippen molar-refractivity contribution < 1.29 is 33.3 Å². The number of likely N-dealkylation sites (tertiary alicyclic amines) is 2. The summed E-state index contributed by atoms with van der Waals surface area (Å²) in [6.45, 7) is 21.7. The van der Waals surface area contributed by atoms with Crippen LogP contribution in [-0.2, 0) is 46.3 Å². The third-order valence-corrected chi connectivity index (χ3v) is 18.0. The lowest BCUT2D eigenvalue weighted by molar-refractivity contribution is -0.156. The van der Waals surface area contributed by atoms with Crippen LogP contribution >= 0.6 is 11.3 Å². The predicted octanol–water partition coefficient (Wildman–Crippen LogP) is 7.68. The monoisotopic (exact) mass is 1000 g/mol. The maximum Gasteiger partial charge on any atom is 0.324 e. The van der Waals surface area contributed by atoms with Gasteiger partial charge in [-0.05, 0) is 98.4 Å². The average Bonchev–Trinajstić information content (AvgIpc) is 4.19. The molecule has 7 aliphatic rings. The van der Waals surface area contributed by atoms with Gasteiger partial charge in [0.05, 0.1) is 48.5 Å². The maximum atomic E-state index is 15.1. The summed E-state index contributed by atoms with van der Waals surface area (Å²) in [6.07, 6.45) is 7.99. The number of carbonyl (C=O) groups excluding carboxylic acids is 3. The van der Waals surface area contributed by atoms with Crippen LogP contribution in [0.1, 0.15) is 127 Å². The van der Waals surface area contributed by atoms with Gasteiger partial charge in [-0.25, -0.2) is 10.4 Å². The number of ether oxygens (including phenoxy) is 4. The zero-order valence-corrected chi connectivity index (χ0v) is 44.5. The lowest BCUT2D eigenvalue weighted by atomic mass is 9.82. The number of nitrogens with zero attached hydrogens (tertiary/aromatic N) is 6. The molecule has 0 radical (unpaired) electrons. The van der Waals surface area contributed by atoms with E-state index in [0.717, 1.165) is 94.7 Å². The van der Waals surface area contributed by atoms with E-state index in [1.807, 2.05) is 0 Å². The molecule has 4 saturated heterocycles. The van der Waals surface area contributed by atoms with E-state index in [-0.39, 0.29) is 53.8 Å². The number of hydrogen-bond donors (Lipinski definition) is 2. The van der Waals surface area contributed by atoms with Gasteiger partial charge in [-0.1, -0.05) is 47.6 Å². The topological polar surface area (TPSA) is 153 Å². The van der Waals surface area contributed by atoms with Crippen LogP contribution in [0.3, 0.4) is 0 Å². The fraction of sp³-hybridized carbons (Fsp3) is 0.661. The predicted molar refractivity (Wildman–Crippen MR) is 277 cm³/mol. The molecule has 3 aromatic heterocycles. The lowest BCUT2D eigenvalue weighted by Gasteiger charge is -2.51. The van der Waals surface area contributed by atoms with Gasteiger partial charge in [0, 0.05) is 116 Å². The van der Waals surface area contributed by atoms with Crippen LogP contribution in [0.25, 0.3) is 33.4 Å². The molecule has 2 aliphatic carbocycles. The summed E-state index contributed by atoms with van der Waals surface area (Å²) in [6, 6.07) is 7.60. The first kappa shape index (κ1) is 49.9. The van der Waals surface area contributed by atoms with Gasteiger partial charge in [0.1, 0.15) is 17.1 Å². The highest BCUT2D eigenvalue weighted by atomic mass is 32.1. The molecule has 4 aromatic rings. The fourth-order valence-corrected chi connectivity index (χ4v) is 13.4. The minimum atomic E-state index is -0.938. The molecule has 6 bridgehead atoms. The van der Waals surface area contributed by atoms with E-state index in [1.165, 1.54) is 29.7 Å². The van der Waals surface area contributed by atoms with E-state index in [4.69, 9.17) is 28.9 Å². The molecule has 6 fully saturated rings. The van der Waals surface area contributed by atoms with Crippen molar-refractivity contribution in [1.82, 2.24) is 40.1 Å². The van der Waals surface area contributed by atoms with Gasteiger partial charge in [0.25, 0.3) is 5.91 Å². The zero-order chi connectivity index (χ0) is 50.2. The smallest absolute Gasteiger partial charge is 0.324 e. The van der Waals surface area contributed by atoms with Crippen molar-refractivity contribution in [3.8, 4) is 22.5 Å². The van der Waals surface area contributed by atoms with Gasteiger partial charge >= 0.3 is 5.97 Å². The molecule has 2 amide bonds. The lowest BCUT2D eigenvalue weighted by Crippen LogP contribution is -2.65. The number of pyridine rings is 1. The van der Waals surface area contributed by atoms with Crippen LogP contribution in [0.5, 0.6) is 0 Å². The minimum Gasteiger partial charge on any atom is -0.464 e. The highest BCUT2D eigenvalue weighted by molar-refractivity contribution is 7.10. The zero-order valence-electron chi connectivity index (χ0n) is 43.7. The van der Waals surface area contributed by atoms with Gasteiger partial charge in [-0.15, -0.1) is 11.3 Å². The Morgan fingerprint density at radius 3 is 2.47 bits per heavy atom. The number of nitrogens with one attached hydrogen (secondary N) is 2. The van der Waals surface area contributed by atoms with E-state index >= 15 is 4.79 Å². The Morgan fingerprint density at radius 2 is 1.76 bits per heavy atom. The Bertz CT molecular complexity index is 2670. The van der Waals surface area contributed by atoms with Crippen molar-refractivity contribution in [3.05, 3.63) is 57.7 Å². The van der Waals surface area contributed by atoms with Crippen molar-refractivity contribution in [2.75, 3.05) is 66.3 Å². The normalized spacial score (nSPS) is 28.8. The number of amides is 2. The standard InChI is InChI=1S/C56H76N8O7S/c1-32-33(2)46(32)51(65)59-48-50(62-29-56(6,7)30-62)52-58-44(28-72-52)35-11-14-45-40(22-35)42(24-55(4,5)31-71-54(67)43-10-9-17-64(60-43)53(48)66)49(63(45)18-21-70-39-15-19-69-20-16-39)41-23-36(25-57-47(41)34(3)68-8)37-26-61(27-37)38-12-13-38/h11,14,22-23,25,28,32-34,37-39,43,46,48,50,60H,9-10,12-13,15-21,24,26-27,29-31H2,1-8H3,(H,59,65)/t32-,33+,34-,43-,46?,48-,50-/m0/s1. The molecule has 72 heavy (non-hydrogen) atoms. The van der Waals surface area contributed by atoms with E-state index in [2.05, 4.69) is 109 Å². The Hall–Kier alpha value is -4.29. The molecule has 5 aliphatic heterocycles. The minimum absolute atomic E-state index is 0.0299. The Balaban J connectivity index is 1.06. The van der Waals surface area contributed by atoms with Crippen LogP contribution in [0, 0.1) is 28.6 Å². The second kappa shape index (κ2) is 19.8. The van der Waals surface area contributed by atoms with Crippen molar-refractivity contribution in [2.24, 2.45) is 28.6 Å². The van der Waals surface area contributed by atoms with Crippen LogP contribution in [0.4, 0.5) is 0 Å². The quantitative estimate of drug-likeness (QED) is 0.134. The number of hydrazine groups is 1. The highest BCUT2D eigenvalue weighted by Gasteiger charge is 2.52. The van der Waals surface area contributed by atoms with Gasteiger partial charge in [0.2, 0.25) is 5.91 Å². The first-order valence-corrected chi connectivity index (χ1v) is 27.8. The molecule has 15 nitrogen and oxygen atoms in total. The van der Waals surface area contributed by atoms with E-state index in [9.17, 15) is 9.59 Å². The number of benzene rings is 1. The molecule has 2 N–H and O–H groups in total. The Kier molecular flexibility index (Phi) is 13.7. The first-order valence-electron chi connectivity index (χ1n) is 26.9. The van der Waals surface area contributed by atoms with Gasteiger partial charge in [0.15, 0.2) is 0 Å². The van der Waals surface area contributed by atoms with E-state index in [0.29, 0.717) is 58.1 Å². The number of rotatable bonds is 12. The molecule has 2 saturated carbocycles. The molecular formula is C56H76N8O7S. The summed E-state index contributed by atoms with van der Waals surface area (Å²) in [5.74, 6) is -0.0780. The Morgan fingerprint density at radius 1 is 1.00 bits per heavy atom. The summed E-state index contributed by atoms with van der Waals surface area (Å²) < 4.78 is 27.2. The molecule has 1 aromatic carbocycles. The first-order chi connectivity index (χ1) is 34.6. The van der Waals surface area contributed by atoms with E-state index in [1.54, 1.807) is 12.1 Å². The maximum absolute atomic E-state index is 15.1. The third kappa shape index (κ3) is 9.90. The molecule has 8 heterocycles. The second-order valence-electron chi connectivity index (χ2n) is 23.9. The van der Waals surface area contributed by atoms with Crippen LogP contribution < -0.4 is 10.7 Å². The number of thiazole rings is 1. The molecule has 388 valence electrons. The van der Waals surface area contributed by atoms with Crippen LogP contribution in [-0.4, -0.2) is 138 Å². The number of carbonyl (C=O) groups is 3. The summed E-state index contributed by atoms with van der Waals surface area (Å²) in [5, 5.41) is 8.83. The highest BCUT2D eigenvalue weighted by Crippen LogP contribution is 2.48. The van der Waals surface area contributed by atoms with Gasteiger partial charge in [-0.3, -0.25) is 34.2 Å². The second-order valence-corrected chi connectivity index (χ2v) is 24.8. The number of cyclic esters (lactones) is 1. The molecule has 7 atom stereocenters. The fourth-order valence-electron chi connectivity index (χ4n) is 12.4. The summed E-state index contributed by atoms with van der Waals surface area (Å²) in [5.41, 5.74) is 11.1. The summed E-state index contributed by atoms with van der Waals surface area (Å²) in [7, 11) is 1.75. The summed E-state index contributed by atoms with van der Waals surface area (Å²) in [4.78, 5) is 59.2. The summed E-state index contributed by atoms with van der Waals surface area (Å²) >= 11 is 1.54. The van der Waals surface area contributed by atoms with Crippen LogP contribution in [0.2, 0.25) is 0 Å². The average molecular weight is 1010 g/mol. The van der Waals surface area contributed by atoms with Crippen molar-refractivity contribution in [1.29, 1.82) is 0 Å². The molecular weight excluding hydrogens is 929 g/mol. The van der Waals surface area contributed by atoms with Gasteiger partial charge < -0.3 is 28.8 Å².